The van der Waals surface area contributed by atoms with E-state index in [1.807, 2.05) is 30.3 Å². The van der Waals surface area contributed by atoms with Gasteiger partial charge in [-0.1, -0.05) is 30.3 Å². The van der Waals surface area contributed by atoms with E-state index < -0.39 is 41.8 Å². The summed E-state index contributed by atoms with van der Waals surface area (Å²) in [5.74, 6) is -3.26. The van der Waals surface area contributed by atoms with Gasteiger partial charge < -0.3 is 26.8 Å². The lowest BCUT2D eigenvalue weighted by atomic mass is 10.1. The number of aliphatic carboxylic acids is 1. The van der Waals surface area contributed by atoms with E-state index in [0.29, 0.717) is 6.42 Å². The van der Waals surface area contributed by atoms with Gasteiger partial charge in [0.1, 0.15) is 12.1 Å². The standard InChI is InChI=1S/C17H24N4O5S2/c18-11(6-10-4-2-1-3-5-10)15(23)19-7-14(22)20-12(8-27)16(24)21-13(9-28)17(25)26/h1-5,11-13,27-28H,6-9,18H2,(H,19,23)(H,20,22)(H,21,24)(H,25,26). The maximum atomic E-state index is 12.1. The molecule has 0 saturated heterocycles. The minimum atomic E-state index is -1.24. The van der Waals surface area contributed by atoms with Crippen LogP contribution in [0.4, 0.5) is 0 Å². The van der Waals surface area contributed by atoms with Gasteiger partial charge in [-0.2, -0.15) is 25.3 Å². The average Bonchev–Trinajstić information content (AvgIpc) is 2.68. The molecule has 1 rings (SSSR count). The van der Waals surface area contributed by atoms with Crippen molar-refractivity contribution >= 4 is 48.9 Å². The third-order valence-electron chi connectivity index (χ3n) is 3.69. The Kier molecular flexibility index (Phi) is 10.4. The number of amides is 3. The van der Waals surface area contributed by atoms with E-state index in [2.05, 4.69) is 41.2 Å². The van der Waals surface area contributed by atoms with Crippen molar-refractivity contribution in [3.8, 4) is 0 Å². The van der Waals surface area contributed by atoms with Crippen molar-refractivity contribution in [3.63, 3.8) is 0 Å². The highest BCUT2D eigenvalue weighted by molar-refractivity contribution is 7.80. The molecule has 0 bridgehead atoms. The van der Waals surface area contributed by atoms with E-state index in [-0.39, 0.29) is 18.1 Å². The molecule has 6 N–H and O–H groups in total. The Morgan fingerprint density at radius 1 is 0.964 bits per heavy atom. The normalized spacial score (nSPS) is 13.7. The number of hydrogen-bond acceptors (Lipinski definition) is 7. The number of carboxylic acid groups (broad SMARTS) is 1. The molecular formula is C17H24N4O5S2. The van der Waals surface area contributed by atoms with Crippen LogP contribution in [0, 0.1) is 0 Å². The first kappa shape index (κ1) is 23.8. The predicted molar refractivity (Wildman–Crippen MR) is 110 cm³/mol. The average molecular weight is 429 g/mol. The molecule has 0 aliphatic carbocycles. The number of nitrogens with one attached hydrogen (secondary N) is 3. The molecular weight excluding hydrogens is 404 g/mol. The molecule has 154 valence electrons. The van der Waals surface area contributed by atoms with E-state index in [0.717, 1.165) is 5.56 Å². The smallest absolute Gasteiger partial charge is 0.327 e. The van der Waals surface area contributed by atoms with Crippen LogP contribution < -0.4 is 21.7 Å². The fourth-order valence-corrected chi connectivity index (χ4v) is 2.66. The first-order valence-corrected chi connectivity index (χ1v) is 9.66. The first-order valence-electron chi connectivity index (χ1n) is 8.40. The number of carbonyl (C=O) groups excluding carboxylic acids is 3. The van der Waals surface area contributed by atoms with Crippen molar-refractivity contribution in [1.82, 2.24) is 16.0 Å². The largest absolute Gasteiger partial charge is 0.480 e. The van der Waals surface area contributed by atoms with Crippen LogP contribution in [0.2, 0.25) is 0 Å². The number of carboxylic acids is 1. The number of benzene rings is 1. The van der Waals surface area contributed by atoms with E-state index in [4.69, 9.17) is 10.8 Å². The van der Waals surface area contributed by atoms with Crippen molar-refractivity contribution in [2.75, 3.05) is 18.1 Å². The SMILES string of the molecule is NC(Cc1ccccc1)C(=O)NCC(=O)NC(CS)C(=O)NC(CS)C(=O)O. The molecule has 0 spiro atoms. The second-order valence-corrected chi connectivity index (χ2v) is 6.63. The molecule has 0 aromatic heterocycles. The van der Waals surface area contributed by atoms with E-state index >= 15 is 0 Å². The minimum absolute atomic E-state index is 0.0576. The van der Waals surface area contributed by atoms with Crippen LogP contribution in [0.25, 0.3) is 0 Å². The van der Waals surface area contributed by atoms with Gasteiger partial charge in [-0.15, -0.1) is 0 Å². The summed E-state index contributed by atoms with van der Waals surface area (Å²) in [5, 5.41) is 16.0. The molecule has 0 fully saturated rings. The molecule has 0 aliphatic heterocycles. The fourth-order valence-electron chi connectivity index (χ4n) is 2.16. The number of rotatable bonds is 11. The van der Waals surface area contributed by atoms with Gasteiger partial charge in [-0.05, 0) is 12.0 Å². The molecule has 11 heteroatoms. The van der Waals surface area contributed by atoms with Gasteiger partial charge in [0.15, 0.2) is 0 Å². The van der Waals surface area contributed by atoms with Gasteiger partial charge >= 0.3 is 5.97 Å². The molecule has 9 nitrogen and oxygen atoms in total. The monoisotopic (exact) mass is 428 g/mol. The van der Waals surface area contributed by atoms with Crippen LogP contribution in [-0.2, 0) is 25.6 Å². The van der Waals surface area contributed by atoms with Gasteiger partial charge in [-0.25, -0.2) is 4.79 Å². The molecule has 1 aromatic carbocycles. The van der Waals surface area contributed by atoms with Crippen LogP contribution in [0.15, 0.2) is 30.3 Å². The number of carbonyl (C=O) groups is 4. The van der Waals surface area contributed by atoms with E-state index in [9.17, 15) is 19.2 Å². The van der Waals surface area contributed by atoms with Gasteiger partial charge in [0.2, 0.25) is 17.7 Å². The van der Waals surface area contributed by atoms with Crippen LogP contribution in [0.5, 0.6) is 0 Å². The third kappa shape index (κ3) is 8.19. The van der Waals surface area contributed by atoms with E-state index in [1.54, 1.807) is 0 Å². The molecule has 3 amide bonds. The maximum Gasteiger partial charge on any atom is 0.327 e. The van der Waals surface area contributed by atoms with Gasteiger partial charge in [-0.3, -0.25) is 14.4 Å². The number of thiol groups is 2. The van der Waals surface area contributed by atoms with Crippen molar-refractivity contribution in [3.05, 3.63) is 35.9 Å². The highest BCUT2D eigenvalue weighted by atomic mass is 32.1. The first-order chi connectivity index (χ1) is 13.3. The molecule has 0 saturated carbocycles. The summed E-state index contributed by atoms with van der Waals surface area (Å²) >= 11 is 7.83. The second-order valence-electron chi connectivity index (χ2n) is 5.90. The highest BCUT2D eigenvalue weighted by Crippen LogP contribution is 2.01. The molecule has 0 aliphatic rings. The third-order valence-corrected chi connectivity index (χ3v) is 4.42. The lowest BCUT2D eigenvalue weighted by molar-refractivity contribution is -0.141. The highest BCUT2D eigenvalue weighted by Gasteiger charge is 2.25. The zero-order valence-electron chi connectivity index (χ0n) is 15.0. The molecule has 0 heterocycles. The lowest BCUT2D eigenvalue weighted by Crippen LogP contribution is -2.55. The van der Waals surface area contributed by atoms with Gasteiger partial charge in [0.25, 0.3) is 0 Å². The van der Waals surface area contributed by atoms with Crippen molar-refractivity contribution < 1.29 is 24.3 Å². The summed E-state index contributed by atoms with van der Waals surface area (Å²) in [6, 6.07) is 6.11. The zero-order chi connectivity index (χ0) is 21.1. The Morgan fingerprint density at radius 2 is 1.57 bits per heavy atom. The zero-order valence-corrected chi connectivity index (χ0v) is 16.8. The molecule has 1 aromatic rings. The Balaban J connectivity index is 2.47. The van der Waals surface area contributed by atoms with Crippen LogP contribution >= 0.6 is 25.3 Å². The quantitative estimate of drug-likeness (QED) is 0.215. The Labute approximate surface area is 173 Å². The Bertz CT molecular complexity index is 689. The van der Waals surface area contributed by atoms with Gasteiger partial charge in [0, 0.05) is 11.5 Å². The fraction of sp³-hybridized carbons (Fsp3) is 0.412. The van der Waals surface area contributed by atoms with Crippen LogP contribution in [-0.4, -0.2) is 65.0 Å². The summed E-state index contributed by atoms with van der Waals surface area (Å²) < 4.78 is 0. The summed E-state index contributed by atoms with van der Waals surface area (Å²) in [5.41, 5.74) is 6.71. The summed E-state index contributed by atoms with van der Waals surface area (Å²) in [7, 11) is 0. The van der Waals surface area contributed by atoms with Crippen molar-refractivity contribution in [1.29, 1.82) is 0 Å². The molecule has 28 heavy (non-hydrogen) atoms. The van der Waals surface area contributed by atoms with Crippen molar-refractivity contribution in [2.45, 2.75) is 24.5 Å². The topological polar surface area (TPSA) is 151 Å². The predicted octanol–water partition coefficient (Wildman–Crippen LogP) is -1.41. The molecule has 3 atom stereocenters. The number of nitrogens with two attached hydrogens (primary N) is 1. The lowest BCUT2D eigenvalue weighted by Gasteiger charge is -2.19. The number of hydrogen-bond donors (Lipinski definition) is 7. The second kappa shape index (κ2) is 12.3. The molecule has 3 unspecified atom stereocenters. The summed E-state index contributed by atoms with van der Waals surface area (Å²) in [6.45, 7) is -0.381. The van der Waals surface area contributed by atoms with Crippen LogP contribution in [0.3, 0.4) is 0 Å². The Hall–Kier alpha value is -2.24. The van der Waals surface area contributed by atoms with E-state index in [1.165, 1.54) is 0 Å². The molecule has 0 radical (unpaired) electrons. The van der Waals surface area contributed by atoms with Gasteiger partial charge in [0.05, 0.1) is 12.6 Å². The minimum Gasteiger partial charge on any atom is -0.480 e. The van der Waals surface area contributed by atoms with Crippen molar-refractivity contribution in [2.24, 2.45) is 5.73 Å². The van der Waals surface area contributed by atoms with Crippen LogP contribution in [0.1, 0.15) is 5.56 Å². The Morgan fingerprint density at radius 3 is 2.11 bits per heavy atom. The maximum absolute atomic E-state index is 12.1. The summed E-state index contributed by atoms with van der Waals surface area (Å²) in [6.07, 6.45) is 0.316. The summed E-state index contributed by atoms with van der Waals surface area (Å²) in [4.78, 5) is 47.0.